The molecular weight excluding hydrogens is 490 g/mol. The lowest BCUT2D eigenvalue weighted by Gasteiger charge is -2.47. The molecule has 0 heterocycles. The molecule has 4 atom stereocenters. The summed E-state index contributed by atoms with van der Waals surface area (Å²) in [4.78, 5) is 0. The van der Waals surface area contributed by atoms with Crippen LogP contribution in [0.2, 0.25) is 0 Å². The maximum atomic E-state index is 14.4. The van der Waals surface area contributed by atoms with Crippen LogP contribution in [0.5, 0.6) is 11.5 Å². The topological polar surface area (TPSA) is 18.5 Å². The van der Waals surface area contributed by atoms with E-state index in [1.807, 2.05) is 0 Å². The first kappa shape index (κ1) is 28.9. The highest BCUT2D eigenvalue weighted by molar-refractivity contribution is 5.35. The highest BCUT2D eigenvalue weighted by Gasteiger charge is 2.41. The summed E-state index contributed by atoms with van der Waals surface area (Å²) >= 11 is 0. The predicted molar refractivity (Wildman–Crippen MR) is 155 cm³/mol. The standard InChI is InChI=1S/C35H52F2O2/c1-3-5-6-24-7-11-26(12-8-24)28-15-17-31-22-29(16-18-30(31)21-28)27-13-9-25(10-14-27)23-39-33-20-19-32(38-4-2)34(36)35(33)37/h3,19-20,24-31H,1,4-18,21-23H2,2H3. The second-order valence-corrected chi connectivity index (χ2v) is 13.5. The Hall–Kier alpha value is -1.58. The molecule has 5 rings (SSSR count). The SMILES string of the molecule is C=CCCC1CCC(C2CCC3CC(C4CCC(COc5ccc(OCC)c(F)c5F)CC4)CCC3C2)CC1. The van der Waals surface area contributed by atoms with Gasteiger partial charge in [0.25, 0.3) is 0 Å². The fraction of sp³-hybridized carbons (Fsp3) is 0.771. The van der Waals surface area contributed by atoms with E-state index in [9.17, 15) is 8.78 Å². The van der Waals surface area contributed by atoms with Crippen molar-refractivity contribution in [2.75, 3.05) is 13.2 Å². The third-order valence-electron chi connectivity index (χ3n) is 11.4. The monoisotopic (exact) mass is 542 g/mol. The smallest absolute Gasteiger partial charge is 0.204 e. The van der Waals surface area contributed by atoms with Crippen molar-refractivity contribution in [3.8, 4) is 11.5 Å². The quantitative estimate of drug-likeness (QED) is 0.274. The zero-order chi connectivity index (χ0) is 27.2. The molecule has 0 radical (unpaired) electrons. The van der Waals surface area contributed by atoms with Gasteiger partial charge in [-0.2, -0.15) is 8.78 Å². The second kappa shape index (κ2) is 13.9. The van der Waals surface area contributed by atoms with Crippen molar-refractivity contribution in [3.05, 3.63) is 36.4 Å². The maximum absolute atomic E-state index is 14.4. The van der Waals surface area contributed by atoms with Gasteiger partial charge in [0.15, 0.2) is 11.5 Å². The highest BCUT2D eigenvalue weighted by atomic mass is 19.2. The lowest BCUT2D eigenvalue weighted by Crippen LogP contribution is -2.37. The highest BCUT2D eigenvalue weighted by Crippen LogP contribution is 2.52. The van der Waals surface area contributed by atoms with Crippen LogP contribution in [0.3, 0.4) is 0 Å². The number of rotatable bonds is 10. The van der Waals surface area contributed by atoms with Crippen LogP contribution in [0.15, 0.2) is 24.8 Å². The number of benzene rings is 1. The van der Waals surface area contributed by atoms with Gasteiger partial charge in [-0.05, 0) is 156 Å². The van der Waals surface area contributed by atoms with Crippen molar-refractivity contribution in [1.82, 2.24) is 0 Å². The van der Waals surface area contributed by atoms with Gasteiger partial charge < -0.3 is 9.47 Å². The summed E-state index contributed by atoms with van der Waals surface area (Å²) in [6.45, 7) is 6.45. The number of allylic oxidation sites excluding steroid dienone is 1. The van der Waals surface area contributed by atoms with E-state index in [1.165, 1.54) is 102 Å². The summed E-state index contributed by atoms with van der Waals surface area (Å²) in [6, 6.07) is 2.96. The van der Waals surface area contributed by atoms with Crippen LogP contribution in [0.1, 0.15) is 110 Å². The van der Waals surface area contributed by atoms with Crippen molar-refractivity contribution in [2.45, 2.75) is 110 Å². The van der Waals surface area contributed by atoms with E-state index in [1.54, 1.807) is 6.92 Å². The Balaban J connectivity index is 1.02. The summed E-state index contributed by atoms with van der Waals surface area (Å²) in [7, 11) is 0. The van der Waals surface area contributed by atoms with Gasteiger partial charge in [-0.1, -0.05) is 18.9 Å². The Morgan fingerprint density at radius 1 is 0.667 bits per heavy atom. The van der Waals surface area contributed by atoms with Gasteiger partial charge in [-0.25, -0.2) is 0 Å². The zero-order valence-electron chi connectivity index (χ0n) is 24.4. The molecule has 4 unspecified atom stereocenters. The van der Waals surface area contributed by atoms with Gasteiger partial charge >= 0.3 is 0 Å². The molecule has 4 heteroatoms. The molecule has 4 saturated carbocycles. The van der Waals surface area contributed by atoms with E-state index >= 15 is 0 Å². The molecule has 1 aromatic rings. The third kappa shape index (κ3) is 7.20. The van der Waals surface area contributed by atoms with Crippen LogP contribution in [0.4, 0.5) is 8.78 Å². The minimum absolute atomic E-state index is 0.00717. The van der Waals surface area contributed by atoms with Crippen LogP contribution in [0.25, 0.3) is 0 Å². The molecule has 0 spiro atoms. The van der Waals surface area contributed by atoms with E-state index in [0.717, 1.165) is 54.3 Å². The Kier molecular flexibility index (Phi) is 10.3. The van der Waals surface area contributed by atoms with Crippen molar-refractivity contribution < 1.29 is 18.3 Å². The van der Waals surface area contributed by atoms with Crippen LogP contribution in [-0.2, 0) is 0 Å². The van der Waals surface area contributed by atoms with Gasteiger partial charge in [0.05, 0.1) is 13.2 Å². The van der Waals surface area contributed by atoms with Crippen molar-refractivity contribution >= 4 is 0 Å². The van der Waals surface area contributed by atoms with Crippen molar-refractivity contribution in [1.29, 1.82) is 0 Å². The van der Waals surface area contributed by atoms with E-state index < -0.39 is 11.6 Å². The first-order valence-corrected chi connectivity index (χ1v) is 16.4. The molecule has 4 aliphatic rings. The third-order valence-corrected chi connectivity index (χ3v) is 11.4. The average Bonchev–Trinajstić information content (AvgIpc) is 2.98. The van der Waals surface area contributed by atoms with Crippen LogP contribution < -0.4 is 9.47 Å². The molecule has 0 aromatic heterocycles. The zero-order valence-corrected chi connectivity index (χ0v) is 24.4. The molecule has 0 bridgehead atoms. The minimum atomic E-state index is -0.950. The number of halogens is 2. The van der Waals surface area contributed by atoms with Gasteiger partial charge in [-0.3, -0.25) is 0 Å². The summed E-state index contributed by atoms with van der Waals surface area (Å²) < 4.78 is 39.5. The molecule has 218 valence electrons. The van der Waals surface area contributed by atoms with Crippen molar-refractivity contribution in [3.63, 3.8) is 0 Å². The van der Waals surface area contributed by atoms with Crippen LogP contribution >= 0.6 is 0 Å². The first-order valence-electron chi connectivity index (χ1n) is 16.4. The summed E-state index contributed by atoms with van der Waals surface area (Å²) in [5, 5.41) is 0. The number of fused-ring (bicyclic) bond motifs is 1. The second-order valence-electron chi connectivity index (χ2n) is 13.5. The largest absolute Gasteiger partial charge is 0.491 e. The van der Waals surface area contributed by atoms with Gasteiger partial charge in [-0.15, -0.1) is 6.58 Å². The van der Waals surface area contributed by atoms with Crippen LogP contribution in [-0.4, -0.2) is 13.2 Å². The van der Waals surface area contributed by atoms with Gasteiger partial charge in [0.1, 0.15) is 0 Å². The Labute approximate surface area is 236 Å². The number of ether oxygens (including phenoxy) is 2. The Morgan fingerprint density at radius 3 is 1.59 bits per heavy atom. The first-order chi connectivity index (χ1) is 19.1. The number of hydrogen-bond acceptors (Lipinski definition) is 2. The molecule has 4 fully saturated rings. The molecule has 0 aliphatic heterocycles. The van der Waals surface area contributed by atoms with E-state index in [0.29, 0.717) is 19.1 Å². The van der Waals surface area contributed by atoms with Gasteiger partial charge in [0, 0.05) is 0 Å². The van der Waals surface area contributed by atoms with E-state index in [2.05, 4.69) is 12.7 Å². The van der Waals surface area contributed by atoms with Crippen LogP contribution in [0, 0.1) is 59.0 Å². The van der Waals surface area contributed by atoms with E-state index in [-0.39, 0.29) is 11.5 Å². The lowest BCUT2D eigenvalue weighted by molar-refractivity contribution is 0.0352. The van der Waals surface area contributed by atoms with E-state index in [4.69, 9.17) is 9.47 Å². The molecule has 1 aromatic carbocycles. The molecule has 0 amide bonds. The summed E-state index contributed by atoms with van der Waals surface area (Å²) in [6.07, 6.45) is 24.3. The van der Waals surface area contributed by atoms with Crippen molar-refractivity contribution in [2.24, 2.45) is 47.3 Å². The molecule has 0 N–H and O–H groups in total. The Morgan fingerprint density at radius 2 is 1.10 bits per heavy atom. The Bertz CT molecular complexity index is 915. The fourth-order valence-electron chi connectivity index (χ4n) is 9.05. The molecule has 4 aliphatic carbocycles. The summed E-state index contributed by atoms with van der Waals surface area (Å²) in [5.41, 5.74) is 0. The lowest BCUT2D eigenvalue weighted by atomic mass is 9.58. The normalized spacial score (nSPS) is 35.2. The van der Waals surface area contributed by atoms with Gasteiger partial charge in [0.2, 0.25) is 11.6 Å². The fourth-order valence-corrected chi connectivity index (χ4v) is 9.05. The predicted octanol–water partition coefficient (Wildman–Crippen LogP) is 10.2. The molecule has 39 heavy (non-hydrogen) atoms. The summed E-state index contributed by atoms with van der Waals surface area (Å²) in [5.74, 6) is 5.22. The molecule has 2 nitrogen and oxygen atoms in total. The molecular formula is C35H52F2O2. The molecule has 0 saturated heterocycles. The number of hydrogen-bond donors (Lipinski definition) is 0. The maximum Gasteiger partial charge on any atom is 0.204 e. The average molecular weight is 543 g/mol. The minimum Gasteiger partial charge on any atom is -0.491 e.